The number of nitrogens with one attached hydrogen (secondary N) is 1. The van der Waals surface area contributed by atoms with E-state index in [1.807, 2.05) is 17.5 Å². The van der Waals surface area contributed by atoms with E-state index < -0.39 is 10.2 Å². The van der Waals surface area contributed by atoms with Crippen molar-refractivity contribution in [2.75, 3.05) is 27.2 Å². The molecule has 0 radical (unpaired) electrons. The van der Waals surface area contributed by atoms with Crippen LogP contribution >= 0.6 is 11.3 Å². The lowest BCUT2D eigenvalue weighted by Crippen LogP contribution is -2.48. The SMILES string of the molecule is CN(C)S(=O)(=O)NC1CCN(C(=O)c2cccs2)CC1. The van der Waals surface area contributed by atoms with Gasteiger partial charge in [0.1, 0.15) is 0 Å². The zero-order valence-electron chi connectivity index (χ0n) is 11.6. The number of piperidine rings is 1. The molecule has 0 spiro atoms. The fraction of sp³-hybridized carbons (Fsp3) is 0.583. The molecule has 0 atom stereocenters. The van der Waals surface area contributed by atoms with Crippen LogP contribution in [0, 0.1) is 0 Å². The van der Waals surface area contributed by atoms with Crippen molar-refractivity contribution in [2.45, 2.75) is 18.9 Å². The molecule has 1 aromatic heterocycles. The third-order valence-corrected chi connectivity index (χ3v) is 5.76. The first-order chi connectivity index (χ1) is 9.40. The lowest BCUT2D eigenvalue weighted by atomic mass is 10.1. The van der Waals surface area contributed by atoms with Crippen LogP contribution in [0.3, 0.4) is 0 Å². The number of nitrogens with zero attached hydrogens (tertiary/aromatic N) is 2. The van der Waals surface area contributed by atoms with Crippen molar-refractivity contribution < 1.29 is 13.2 Å². The van der Waals surface area contributed by atoms with Crippen LogP contribution in [0.4, 0.5) is 0 Å². The highest BCUT2D eigenvalue weighted by atomic mass is 32.2. The van der Waals surface area contributed by atoms with E-state index in [0.717, 1.165) is 9.18 Å². The molecule has 1 aromatic rings. The highest BCUT2D eigenvalue weighted by molar-refractivity contribution is 7.87. The number of thiophene rings is 1. The Kier molecular flexibility index (Phi) is 4.79. The summed E-state index contributed by atoms with van der Waals surface area (Å²) in [5, 5.41) is 1.88. The van der Waals surface area contributed by atoms with Gasteiger partial charge >= 0.3 is 0 Å². The maximum atomic E-state index is 12.2. The Morgan fingerprint density at radius 3 is 2.55 bits per heavy atom. The van der Waals surface area contributed by atoms with E-state index >= 15 is 0 Å². The van der Waals surface area contributed by atoms with Gasteiger partial charge in [-0.25, -0.2) is 0 Å². The van der Waals surface area contributed by atoms with Gasteiger partial charge in [0.05, 0.1) is 4.88 Å². The Morgan fingerprint density at radius 1 is 1.40 bits per heavy atom. The van der Waals surface area contributed by atoms with Gasteiger partial charge in [-0.05, 0) is 24.3 Å². The van der Waals surface area contributed by atoms with E-state index in [1.54, 1.807) is 4.90 Å². The van der Waals surface area contributed by atoms with Gasteiger partial charge in [0.25, 0.3) is 16.1 Å². The van der Waals surface area contributed by atoms with Gasteiger partial charge in [-0.15, -0.1) is 11.3 Å². The summed E-state index contributed by atoms with van der Waals surface area (Å²) in [5.41, 5.74) is 0. The Balaban J connectivity index is 1.88. The van der Waals surface area contributed by atoms with Crippen LogP contribution in [0.15, 0.2) is 17.5 Å². The predicted octanol–water partition coefficient (Wildman–Crippen LogP) is 0.749. The molecular formula is C12H19N3O3S2. The van der Waals surface area contributed by atoms with E-state index in [1.165, 1.54) is 25.4 Å². The van der Waals surface area contributed by atoms with Gasteiger partial charge in [-0.3, -0.25) is 4.79 Å². The Morgan fingerprint density at radius 2 is 2.05 bits per heavy atom. The van der Waals surface area contributed by atoms with E-state index in [0.29, 0.717) is 25.9 Å². The summed E-state index contributed by atoms with van der Waals surface area (Å²) < 4.78 is 27.3. The molecule has 2 heterocycles. The number of hydrogen-bond acceptors (Lipinski definition) is 4. The van der Waals surface area contributed by atoms with Crippen LogP contribution in [0.5, 0.6) is 0 Å². The topological polar surface area (TPSA) is 69.7 Å². The van der Waals surface area contributed by atoms with Crippen molar-refractivity contribution in [3.8, 4) is 0 Å². The Bertz CT molecular complexity index is 547. The molecule has 1 aliphatic rings. The van der Waals surface area contributed by atoms with E-state index in [9.17, 15) is 13.2 Å². The van der Waals surface area contributed by atoms with Crippen LogP contribution in [0.1, 0.15) is 22.5 Å². The molecule has 8 heteroatoms. The highest BCUT2D eigenvalue weighted by Gasteiger charge is 2.27. The van der Waals surface area contributed by atoms with Crippen molar-refractivity contribution in [2.24, 2.45) is 0 Å². The number of hydrogen-bond donors (Lipinski definition) is 1. The smallest absolute Gasteiger partial charge is 0.279 e. The fourth-order valence-electron chi connectivity index (χ4n) is 2.07. The third kappa shape index (κ3) is 3.57. The molecular weight excluding hydrogens is 298 g/mol. The molecule has 0 aliphatic carbocycles. The number of carbonyl (C=O) groups excluding carboxylic acids is 1. The van der Waals surface area contributed by atoms with Crippen LogP contribution in [-0.4, -0.2) is 56.8 Å². The van der Waals surface area contributed by atoms with Gasteiger partial charge < -0.3 is 4.90 Å². The van der Waals surface area contributed by atoms with Gasteiger partial charge in [0.15, 0.2) is 0 Å². The lowest BCUT2D eigenvalue weighted by Gasteiger charge is -2.32. The zero-order chi connectivity index (χ0) is 14.8. The molecule has 0 bridgehead atoms. The van der Waals surface area contributed by atoms with Gasteiger partial charge in [0, 0.05) is 33.2 Å². The summed E-state index contributed by atoms with van der Waals surface area (Å²) in [6.45, 7) is 1.16. The normalized spacial score (nSPS) is 17.6. The first-order valence-corrected chi connectivity index (χ1v) is 8.74. The number of amides is 1. The second-order valence-corrected chi connectivity index (χ2v) is 7.81. The van der Waals surface area contributed by atoms with Crippen LogP contribution in [0.2, 0.25) is 0 Å². The van der Waals surface area contributed by atoms with E-state index in [2.05, 4.69) is 4.72 Å². The average molecular weight is 317 g/mol. The minimum Gasteiger partial charge on any atom is -0.338 e. The summed E-state index contributed by atoms with van der Waals surface area (Å²) >= 11 is 1.43. The highest BCUT2D eigenvalue weighted by Crippen LogP contribution is 2.17. The average Bonchev–Trinajstić information content (AvgIpc) is 2.92. The van der Waals surface area contributed by atoms with E-state index in [4.69, 9.17) is 0 Å². The van der Waals surface area contributed by atoms with E-state index in [-0.39, 0.29) is 11.9 Å². The number of carbonyl (C=O) groups is 1. The molecule has 112 valence electrons. The minimum atomic E-state index is -3.40. The first-order valence-electron chi connectivity index (χ1n) is 6.42. The molecule has 1 amide bonds. The Hall–Kier alpha value is -0.960. The first kappa shape index (κ1) is 15.4. The van der Waals surface area contributed by atoms with Crippen molar-refractivity contribution in [3.63, 3.8) is 0 Å². The summed E-state index contributed by atoms with van der Waals surface area (Å²) in [5.74, 6) is 0.0360. The molecule has 20 heavy (non-hydrogen) atoms. The third-order valence-electron chi connectivity index (χ3n) is 3.31. The molecule has 0 aromatic carbocycles. The summed E-state index contributed by atoms with van der Waals surface area (Å²) in [7, 11) is -0.401. The van der Waals surface area contributed by atoms with Crippen LogP contribution in [0.25, 0.3) is 0 Å². The van der Waals surface area contributed by atoms with Crippen molar-refractivity contribution >= 4 is 27.5 Å². The molecule has 0 unspecified atom stereocenters. The van der Waals surface area contributed by atoms with Gasteiger partial charge in [-0.1, -0.05) is 6.07 Å². The maximum Gasteiger partial charge on any atom is 0.279 e. The Labute approximate surface area is 123 Å². The van der Waals surface area contributed by atoms with Crippen molar-refractivity contribution in [1.29, 1.82) is 0 Å². The number of likely N-dealkylation sites (tertiary alicyclic amines) is 1. The van der Waals surface area contributed by atoms with Crippen molar-refractivity contribution in [3.05, 3.63) is 22.4 Å². The second-order valence-electron chi connectivity index (χ2n) is 4.95. The van der Waals surface area contributed by atoms with Gasteiger partial charge in [-0.2, -0.15) is 17.4 Å². The standard InChI is InChI=1S/C12H19N3O3S2/c1-14(2)20(17,18)13-10-5-7-15(8-6-10)12(16)11-4-3-9-19-11/h3-4,9-10,13H,5-8H2,1-2H3. The predicted molar refractivity (Wildman–Crippen MR) is 79.0 cm³/mol. The molecule has 1 aliphatic heterocycles. The molecule has 6 nitrogen and oxygen atoms in total. The largest absolute Gasteiger partial charge is 0.338 e. The zero-order valence-corrected chi connectivity index (χ0v) is 13.2. The second kappa shape index (κ2) is 6.21. The molecule has 2 rings (SSSR count). The molecule has 1 fully saturated rings. The number of rotatable bonds is 4. The van der Waals surface area contributed by atoms with Crippen molar-refractivity contribution in [1.82, 2.24) is 13.9 Å². The summed E-state index contributed by atoms with van der Waals surface area (Å²) in [6.07, 6.45) is 1.29. The summed E-state index contributed by atoms with van der Waals surface area (Å²) in [6, 6.07) is 3.57. The van der Waals surface area contributed by atoms with Gasteiger partial charge in [0.2, 0.25) is 0 Å². The maximum absolute atomic E-state index is 12.2. The quantitative estimate of drug-likeness (QED) is 0.891. The lowest BCUT2D eigenvalue weighted by molar-refractivity contribution is 0.0716. The fourth-order valence-corrected chi connectivity index (χ4v) is 3.63. The molecule has 0 saturated carbocycles. The summed E-state index contributed by atoms with van der Waals surface area (Å²) in [4.78, 5) is 14.7. The monoisotopic (exact) mass is 317 g/mol. The van der Waals surface area contributed by atoms with Crippen LogP contribution in [-0.2, 0) is 10.2 Å². The van der Waals surface area contributed by atoms with Crippen LogP contribution < -0.4 is 4.72 Å². The molecule has 1 saturated heterocycles. The molecule has 1 N–H and O–H groups in total. The minimum absolute atomic E-state index is 0.0360.